The Morgan fingerprint density at radius 3 is 2.77 bits per heavy atom. The Hall–Kier alpha value is -1.75. The van der Waals surface area contributed by atoms with Crippen LogP contribution in [0.3, 0.4) is 0 Å². The highest BCUT2D eigenvalue weighted by Crippen LogP contribution is 2.32. The summed E-state index contributed by atoms with van der Waals surface area (Å²) in [6.07, 6.45) is 2.49. The van der Waals surface area contributed by atoms with Crippen molar-refractivity contribution in [3.8, 4) is 0 Å². The third-order valence-corrected chi connectivity index (χ3v) is 5.51. The lowest BCUT2D eigenvalue weighted by atomic mass is 10.0. The molecule has 2 aliphatic heterocycles. The van der Waals surface area contributed by atoms with E-state index in [0.29, 0.717) is 6.04 Å². The Bertz CT molecular complexity index is 708. The maximum Gasteiger partial charge on any atom is 0.123 e. The highest BCUT2D eigenvalue weighted by Gasteiger charge is 2.30. The molecule has 0 radical (unpaired) electrons. The first-order valence-electron chi connectivity index (χ1n) is 9.65. The Kier molecular flexibility index (Phi) is 5.63. The highest BCUT2D eigenvalue weighted by atomic mass is 19.1. The Balaban J connectivity index is 1.37. The van der Waals surface area contributed by atoms with Crippen molar-refractivity contribution in [2.45, 2.75) is 31.5 Å². The van der Waals surface area contributed by atoms with Gasteiger partial charge in [0.1, 0.15) is 5.82 Å². The van der Waals surface area contributed by atoms with E-state index in [-0.39, 0.29) is 11.9 Å². The summed E-state index contributed by atoms with van der Waals surface area (Å²) < 4.78 is 19.7. The molecule has 26 heavy (non-hydrogen) atoms. The normalized spacial score (nSPS) is 24.8. The molecule has 0 N–H and O–H groups in total. The molecule has 4 heteroatoms. The van der Waals surface area contributed by atoms with E-state index in [1.165, 1.54) is 18.1 Å². The van der Waals surface area contributed by atoms with Gasteiger partial charge < -0.3 is 4.74 Å². The number of likely N-dealkylation sites (tertiary alicyclic amines) is 1. The quantitative estimate of drug-likeness (QED) is 0.811. The third kappa shape index (κ3) is 4.32. The number of halogens is 1. The number of rotatable bonds is 5. The highest BCUT2D eigenvalue weighted by molar-refractivity contribution is 5.21. The van der Waals surface area contributed by atoms with Crippen LogP contribution in [0.2, 0.25) is 0 Å². The smallest absolute Gasteiger partial charge is 0.123 e. The Morgan fingerprint density at radius 1 is 1.04 bits per heavy atom. The van der Waals surface area contributed by atoms with Crippen LogP contribution in [0.4, 0.5) is 4.39 Å². The first-order chi connectivity index (χ1) is 12.8. The molecule has 3 nitrogen and oxygen atoms in total. The standard InChI is InChI=1S/C22H27FN2O/c23-20-9-4-8-19(14-20)22-10-5-11-25(22)17-21-16-24(12-13-26-21)15-18-6-2-1-3-7-18/h1-4,6-9,14,21-22H,5,10-13,15-17H2/t21-,22+/m1/s1. The van der Waals surface area contributed by atoms with Crippen LogP contribution in [0.5, 0.6) is 0 Å². The van der Waals surface area contributed by atoms with Gasteiger partial charge in [0.2, 0.25) is 0 Å². The van der Waals surface area contributed by atoms with Gasteiger partial charge in [0.25, 0.3) is 0 Å². The van der Waals surface area contributed by atoms with Gasteiger partial charge in [-0.05, 0) is 42.6 Å². The lowest BCUT2D eigenvalue weighted by molar-refractivity contribution is -0.0475. The molecule has 0 saturated carbocycles. The average Bonchev–Trinajstić information content (AvgIpc) is 3.11. The number of benzene rings is 2. The van der Waals surface area contributed by atoms with Crippen molar-refractivity contribution in [1.82, 2.24) is 9.80 Å². The number of hydrogen-bond donors (Lipinski definition) is 0. The fourth-order valence-electron chi connectivity index (χ4n) is 4.27. The van der Waals surface area contributed by atoms with Crippen LogP contribution in [-0.2, 0) is 11.3 Å². The zero-order valence-corrected chi connectivity index (χ0v) is 15.2. The van der Waals surface area contributed by atoms with Crippen LogP contribution in [0.1, 0.15) is 30.0 Å². The molecular weight excluding hydrogens is 327 g/mol. The van der Waals surface area contributed by atoms with Crippen molar-refractivity contribution in [2.75, 3.05) is 32.8 Å². The van der Waals surface area contributed by atoms with Crippen LogP contribution < -0.4 is 0 Å². The van der Waals surface area contributed by atoms with Gasteiger partial charge in [0.05, 0.1) is 12.7 Å². The molecular formula is C22H27FN2O. The predicted molar refractivity (Wildman–Crippen MR) is 101 cm³/mol. The molecule has 0 aromatic heterocycles. The number of ether oxygens (including phenoxy) is 1. The Labute approximate surface area is 155 Å². The van der Waals surface area contributed by atoms with E-state index in [0.717, 1.165) is 51.3 Å². The molecule has 4 rings (SSSR count). The van der Waals surface area contributed by atoms with Gasteiger partial charge in [-0.1, -0.05) is 42.5 Å². The number of morpholine rings is 1. The molecule has 0 aliphatic carbocycles. The minimum Gasteiger partial charge on any atom is -0.374 e. The van der Waals surface area contributed by atoms with E-state index in [1.807, 2.05) is 6.07 Å². The van der Waals surface area contributed by atoms with Gasteiger partial charge in [0, 0.05) is 32.2 Å². The molecule has 2 aromatic carbocycles. The molecule has 2 heterocycles. The van der Waals surface area contributed by atoms with Crippen molar-refractivity contribution >= 4 is 0 Å². The van der Waals surface area contributed by atoms with Crippen molar-refractivity contribution in [2.24, 2.45) is 0 Å². The van der Waals surface area contributed by atoms with E-state index in [9.17, 15) is 4.39 Å². The SMILES string of the molecule is Fc1cccc([C@@H]2CCCN2C[C@H]2CN(Cc3ccccc3)CCO2)c1. The topological polar surface area (TPSA) is 15.7 Å². The fourth-order valence-corrected chi connectivity index (χ4v) is 4.27. The zero-order chi connectivity index (χ0) is 17.8. The summed E-state index contributed by atoms with van der Waals surface area (Å²) >= 11 is 0. The average molecular weight is 354 g/mol. The summed E-state index contributed by atoms with van der Waals surface area (Å²) in [6, 6.07) is 18.0. The summed E-state index contributed by atoms with van der Waals surface area (Å²) in [5, 5.41) is 0. The molecule has 2 aromatic rings. The van der Waals surface area contributed by atoms with E-state index < -0.39 is 0 Å². The molecule has 0 spiro atoms. The van der Waals surface area contributed by atoms with E-state index in [4.69, 9.17) is 4.74 Å². The van der Waals surface area contributed by atoms with Gasteiger partial charge >= 0.3 is 0 Å². The molecule has 0 amide bonds. The van der Waals surface area contributed by atoms with Gasteiger partial charge in [-0.2, -0.15) is 0 Å². The van der Waals surface area contributed by atoms with Crippen molar-refractivity contribution < 1.29 is 9.13 Å². The van der Waals surface area contributed by atoms with E-state index in [1.54, 1.807) is 6.07 Å². The number of hydrogen-bond acceptors (Lipinski definition) is 3. The fraction of sp³-hybridized carbons (Fsp3) is 0.455. The molecule has 2 saturated heterocycles. The second-order valence-electron chi connectivity index (χ2n) is 7.42. The van der Waals surface area contributed by atoms with Gasteiger partial charge in [-0.3, -0.25) is 9.80 Å². The lowest BCUT2D eigenvalue weighted by Crippen LogP contribution is -2.47. The van der Waals surface area contributed by atoms with Crippen molar-refractivity contribution in [3.05, 3.63) is 71.5 Å². The monoisotopic (exact) mass is 354 g/mol. The molecule has 2 fully saturated rings. The maximum absolute atomic E-state index is 13.6. The summed E-state index contributed by atoms with van der Waals surface area (Å²) in [5.74, 6) is -0.141. The lowest BCUT2D eigenvalue weighted by Gasteiger charge is -2.36. The largest absolute Gasteiger partial charge is 0.374 e. The van der Waals surface area contributed by atoms with Crippen LogP contribution in [0.25, 0.3) is 0 Å². The second kappa shape index (κ2) is 8.30. The first-order valence-corrected chi connectivity index (χ1v) is 9.65. The summed E-state index contributed by atoms with van der Waals surface area (Å²) in [4.78, 5) is 4.96. The number of nitrogens with zero attached hydrogens (tertiary/aromatic N) is 2. The third-order valence-electron chi connectivity index (χ3n) is 5.51. The van der Waals surface area contributed by atoms with Gasteiger partial charge in [-0.15, -0.1) is 0 Å². The summed E-state index contributed by atoms with van der Waals surface area (Å²) in [6.45, 7) is 5.70. The minimum absolute atomic E-state index is 0.141. The van der Waals surface area contributed by atoms with Gasteiger partial charge in [-0.25, -0.2) is 4.39 Å². The van der Waals surface area contributed by atoms with Crippen LogP contribution in [-0.4, -0.2) is 48.7 Å². The van der Waals surface area contributed by atoms with E-state index >= 15 is 0 Å². The first kappa shape index (κ1) is 17.7. The van der Waals surface area contributed by atoms with Crippen LogP contribution in [0.15, 0.2) is 54.6 Å². The molecule has 0 unspecified atom stereocenters. The molecule has 0 bridgehead atoms. The zero-order valence-electron chi connectivity index (χ0n) is 15.2. The van der Waals surface area contributed by atoms with Crippen molar-refractivity contribution in [3.63, 3.8) is 0 Å². The summed E-state index contributed by atoms with van der Waals surface area (Å²) in [7, 11) is 0. The molecule has 2 atom stereocenters. The molecule has 138 valence electrons. The second-order valence-corrected chi connectivity index (χ2v) is 7.42. The summed E-state index contributed by atoms with van der Waals surface area (Å²) in [5.41, 5.74) is 2.45. The van der Waals surface area contributed by atoms with Crippen LogP contribution in [0, 0.1) is 5.82 Å². The molecule has 2 aliphatic rings. The predicted octanol–water partition coefficient (Wildman–Crippen LogP) is 3.86. The Morgan fingerprint density at radius 2 is 1.92 bits per heavy atom. The minimum atomic E-state index is -0.141. The van der Waals surface area contributed by atoms with Crippen molar-refractivity contribution in [1.29, 1.82) is 0 Å². The van der Waals surface area contributed by atoms with Gasteiger partial charge in [0.15, 0.2) is 0 Å². The maximum atomic E-state index is 13.6. The van der Waals surface area contributed by atoms with E-state index in [2.05, 4.69) is 46.2 Å². The van der Waals surface area contributed by atoms with Crippen LogP contribution >= 0.6 is 0 Å².